The van der Waals surface area contributed by atoms with E-state index in [2.05, 4.69) is 9.97 Å². The molecule has 0 spiro atoms. The minimum Gasteiger partial charge on any atom is -0.364 e. The van der Waals surface area contributed by atoms with Gasteiger partial charge in [-0.25, -0.2) is 4.98 Å². The number of amides is 1. The summed E-state index contributed by atoms with van der Waals surface area (Å²) in [7, 11) is 0. The van der Waals surface area contributed by atoms with Crippen LogP contribution in [0, 0.1) is 11.3 Å². The highest BCUT2D eigenvalue weighted by Crippen LogP contribution is 2.17. The third kappa shape index (κ3) is 2.04. The van der Waals surface area contributed by atoms with E-state index in [9.17, 15) is 4.79 Å². The Bertz CT molecular complexity index is 383. The highest BCUT2D eigenvalue weighted by molar-refractivity contribution is 5.91. The normalized spacial score (nSPS) is 11.7. The lowest BCUT2D eigenvalue weighted by Crippen LogP contribution is -2.18. The lowest BCUT2D eigenvalue weighted by Gasteiger charge is -2.08. The summed E-state index contributed by atoms with van der Waals surface area (Å²) in [4.78, 5) is 18.8. The van der Waals surface area contributed by atoms with Gasteiger partial charge in [0.25, 0.3) is 5.91 Å². The van der Waals surface area contributed by atoms with Gasteiger partial charge in [-0.15, -0.1) is 0 Å². The van der Waals surface area contributed by atoms with E-state index in [1.165, 1.54) is 12.4 Å². The van der Waals surface area contributed by atoms with Gasteiger partial charge in [0.05, 0.1) is 11.8 Å². The topological polar surface area (TPSA) is 92.7 Å². The van der Waals surface area contributed by atoms with E-state index in [1.54, 1.807) is 6.92 Å². The Hall–Kier alpha value is -1.96. The van der Waals surface area contributed by atoms with Crippen molar-refractivity contribution in [3.63, 3.8) is 0 Å². The minimum absolute atomic E-state index is 0.129. The fourth-order valence-corrected chi connectivity index (χ4v) is 1.13. The summed E-state index contributed by atoms with van der Waals surface area (Å²) in [6.07, 6.45) is 3.18. The predicted octanol–water partition coefficient (Wildman–Crippen LogP) is 0.593. The second kappa shape index (κ2) is 4.33. The molecule has 72 valence electrons. The van der Waals surface area contributed by atoms with Crippen molar-refractivity contribution >= 4 is 5.91 Å². The van der Waals surface area contributed by atoms with Gasteiger partial charge in [0.2, 0.25) is 0 Å². The molecule has 0 aliphatic carbocycles. The van der Waals surface area contributed by atoms with Crippen molar-refractivity contribution in [2.24, 2.45) is 5.73 Å². The molecule has 2 N–H and O–H groups in total. The van der Waals surface area contributed by atoms with Crippen LogP contribution in [0.5, 0.6) is 0 Å². The highest BCUT2D eigenvalue weighted by Gasteiger charge is 2.16. The van der Waals surface area contributed by atoms with Crippen LogP contribution in [-0.2, 0) is 0 Å². The van der Waals surface area contributed by atoms with Gasteiger partial charge in [0.15, 0.2) is 0 Å². The van der Waals surface area contributed by atoms with Crippen LogP contribution in [0.2, 0.25) is 0 Å². The third-order valence-corrected chi connectivity index (χ3v) is 1.82. The molecular weight excluding hydrogens is 180 g/mol. The summed E-state index contributed by atoms with van der Waals surface area (Å²) in [5, 5.41) is 8.51. The average molecular weight is 190 g/mol. The van der Waals surface area contributed by atoms with E-state index < -0.39 is 5.91 Å². The SMILES string of the molecule is C[C@@H](CC#N)c1nccnc1C(N)=O. The van der Waals surface area contributed by atoms with Gasteiger partial charge >= 0.3 is 0 Å². The van der Waals surface area contributed by atoms with Crippen LogP contribution in [0.25, 0.3) is 0 Å². The predicted molar refractivity (Wildman–Crippen MR) is 49.2 cm³/mol. The van der Waals surface area contributed by atoms with Gasteiger partial charge in [0.1, 0.15) is 5.69 Å². The Balaban J connectivity index is 3.08. The van der Waals surface area contributed by atoms with Crippen molar-refractivity contribution in [1.29, 1.82) is 5.26 Å². The zero-order chi connectivity index (χ0) is 10.6. The smallest absolute Gasteiger partial charge is 0.269 e. The van der Waals surface area contributed by atoms with Crippen molar-refractivity contribution < 1.29 is 4.79 Å². The Morgan fingerprint density at radius 2 is 2.29 bits per heavy atom. The molecule has 0 aliphatic rings. The molecule has 0 saturated heterocycles. The number of nitrogens with zero attached hydrogens (tertiary/aromatic N) is 3. The first-order valence-electron chi connectivity index (χ1n) is 4.14. The van der Waals surface area contributed by atoms with Crippen LogP contribution in [0.3, 0.4) is 0 Å². The number of rotatable bonds is 3. The van der Waals surface area contributed by atoms with Crippen molar-refractivity contribution in [3.05, 3.63) is 23.8 Å². The molecule has 1 rings (SSSR count). The van der Waals surface area contributed by atoms with Gasteiger partial charge in [-0.1, -0.05) is 6.92 Å². The van der Waals surface area contributed by atoms with Crippen molar-refractivity contribution in [2.45, 2.75) is 19.3 Å². The Kier molecular flexibility index (Phi) is 3.13. The van der Waals surface area contributed by atoms with Crippen molar-refractivity contribution in [1.82, 2.24) is 9.97 Å². The molecule has 1 aromatic rings. The van der Waals surface area contributed by atoms with E-state index in [0.717, 1.165) is 0 Å². The summed E-state index contributed by atoms with van der Waals surface area (Å²) in [5.74, 6) is -0.742. The first-order valence-corrected chi connectivity index (χ1v) is 4.14. The molecule has 1 heterocycles. The number of hydrogen-bond acceptors (Lipinski definition) is 4. The molecule has 0 bridgehead atoms. The van der Waals surface area contributed by atoms with Gasteiger partial charge in [-0.2, -0.15) is 5.26 Å². The third-order valence-electron chi connectivity index (χ3n) is 1.82. The van der Waals surface area contributed by atoms with E-state index in [1.807, 2.05) is 6.07 Å². The number of nitriles is 1. The summed E-state index contributed by atoms with van der Waals surface area (Å²) in [6.45, 7) is 1.81. The molecule has 5 nitrogen and oxygen atoms in total. The van der Waals surface area contributed by atoms with Gasteiger partial charge in [0, 0.05) is 24.7 Å². The fraction of sp³-hybridized carbons (Fsp3) is 0.333. The van der Waals surface area contributed by atoms with E-state index in [4.69, 9.17) is 11.0 Å². The standard InChI is InChI=1S/C9H10N4O/c1-6(2-3-10)7-8(9(11)14)13-5-4-12-7/h4-6H,2H2,1H3,(H2,11,14)/t6-/m0/s1. The first kappa shape index (κ1) is 10.1. The van der Waals surface area contributed by atoms with Gasteiger partial charge < -0.3 is 5.73 Å². The number of nitrogens with two attached hydrogens (primary N) is 1. The Morgan fingerprint density at radius 1 is 1.64 bits per heavy atom. The molecule has 1 amide bonds. The fourth-order valence-electron chi connectivity index (χ4n) is 1.13. The van der Waals surface area contributed by atoms with Crippen molar-refractivity contribution in [2.75, 3.05) is 0 Å². The molecule has 5 heteroatoms. The average Bonchev–Trinajstić information content (AvgIpc) is 2.18. The molecule has 0 aromatic carbocycles. The summed E-state index contributed by atoms with van der Waals surface area (Å²) in [5.41, 5.74) is 5.76. The highest BCUT2D eigenvalue weighted by atomic mass is 16.1. The second-order valence-corrected chi connectivity index (χ2v) is 2.92. The summed E-state index contributed by atoms with van der Waals surface area (Å²) >= 11 is 0. The molecule has 1 atom stereocenters. The summed E-state index contributed by atoms with van der Waals surface area (Å²) in [6, 6.07) is 2.01. The number of aromatic nitrogens is 2. The maximum atomic E-state index is 11.0. The van der Waals surface area contributed by atoms with Gasteiger partial charge in [-0.3, -0.25) is 9.78 Å². The lowest BCUT2D eigenvalue weighted by atomic mass is 10.0. The van der Waals surface area contributed by atoms with Crippen LogP contribution in [0.1, 0.15) is 35.4 Å². The van der Waals surface area contributed by atoms with Crippen molar-refractivity contribution in [3.8, 4) is 6.07 Å². The number of carbonyl (C=O) groups excluding carboxylic acids is 1. The van der Waals surface area contributed by atoms with Crippen LogP contribution in [-0.4, -0.2) is 15.9 Å². The molecule has 0 unspecified atom stereocenters. The van der Waals surface area contributed by atoms with E-state index >= 15 is 0 Å². The van der Waals surface area contributed by atoms with Crippen LogP contribution in [0.4, 0.5) is 0 Å². The lowest BCUT2D eigenvalue weighted by molar-refractivity contribution is 0.0993. The maximum Gasteiger partial charge on any atom is 0.269 e. The largest absolute Gasteiger partial charge is 0.364 e. The second-order valence-electron chi connectivity index (χ2n) is 2.92. The quantitative estimate of drug-likeness (QED) is 0.754. The Labute approximate surface area is 81.6 Å². The van der Waals surface area contributed by atoms with Crippen LogP contribution >= 0.6 is 0 Å². The molecule has 0 saturated carbocycles. The monoisotopic (exact) mass is 190 g/mol. The maximum absolute atomic E-state index is 11.0. The van der Waals surface area contributed by atoms with E-state index in [-0.39, 0.29) is 11.6 Å². The summed E-state index contributed by atoms with van der Waals surface area (Å²) < 4.78 is 0. The number of carbonyl (C=O) groups is 1. The Morgan fingerprint density at radius 3 is 2.86 bits per heavy atom. The molecular formula is C9H10N4O. The number of hydrogen-bond donors (Lipinski definition) is 1. The molecule has 0 fully saturated rings. The molecule has 14 heavy (non-hydrogen) atoms. The number of primary amides is 1. The first-order chi connectivity index (χ1) is 6.66. The van der Waals surface area contributed by atoms with Crippen LogP contribution in [0.15, 0.2) is 12.4 Å². The van der Waals surface area contributed by atoms with E-state index in [0.29, 0.717) is 12.1 Å². The van der Waals surface area contributed by atoms with Gasteiger partial charge in [-0.05, 0) is 0 Å². The molecule has 1 aromatic heterocycles. The zero-order valence-corrected chi connectivity index (χ0v) is 7.77. The minimum atomic E-state index is -0.613. The zero-order valence-electron chi connectivity index (χ0n) is 7.77. The molecule has 0 radical (unpaired) electrons. The van der Waals surface area contributed by atoms with Crippen LogP contribution < -0.4 is 5.73 Å². The molecule has 0 aliphatic heterocycles.